The summed E-state index contributed by atoms with van der Waals surface area (Å²) >= 11 is 0. The third-order valence-corrected chi connectivity index (χ3v) is 2.21. The molecule has 0 aliphatic heterocycles. The van der Waals surface area contributed by atoms with Crippen LogP contribution in [0.5, 0.6) is 5.75 Å². The topological polar surface area (TPSA) is 36.3 Å². The quantitative estimate of drug-likeness (QED) is 0.728. The van der Waals surface area contributed by atoms with Crippen LogP contribution in [0.3, 0.4) is 0 Å². The van der Waals surface area contributed by atoms with E-state index >= 15 is 0 Å². The van der Waals surface area contributed by atoms with Crippen LogP contribution < -0.4 is 4.74 Å². The molecule has 3 heteroatoms. The molecular formula is C13H16N2O. The zero-order valence-corrected chi connectivity index (χ0v) is 10.1. The van der Waals surface area contributed by atoms with Gasteiger partial charge in [-0.15, -0.1) is 0 Å². The van der Waals surface area contributed by atoms with Gasteiger partial charge in [0.25, 0.3) is 0 Å². The van der Waals surface area contributed by atoms with E-state index < -0.39 is 0 Å². The van der Waals surface area contributed by atoms with Crippen LogP contribution in [0.2, 0.25) is 0 Å². The molecule has 0 saturated heterocycles. The monoisotopic (exact) mass is 216 g/mol. The van der Waals surface area contributed by atoms with Crippen molar-refractivity contribution in [3.05, 3.63) is 35.5 Å². The number of nitrogens with zero attached hydrogens (tertiary/aromatic N) is 2. The van der Waals surface area contributed by atoms with E-state index in [1.807, 2.05) is 44.1 Å². The Morgan fingerprint density at radius 3 is 2.56 bits per heavy atom. The molecule has 0 fully saturated rings. The Bertz CT molecular complexity index is 442. The molecule has 1 aromatic rings. The molecule has 0 aliphatic rings. The maximum absolute atomic E-state index is 9.07. The van der Waals surface area contributed by atoms with Crippen molar-refractivity contribution in [1.82, 2.24) is 4.90 Å². The highest BCUT2D eigenvalue weighted by Gasteiger charge is 2.04. The molecule has 84 valence electrons. The second-order valence-corrected chi connectivity index (χ2v) is 3.80. The Morgan fingerprint density at radius 1 is 1.44 bits per heavy atom. The number of rotatable bonds is 3. The van der Waals surface area contributed by atoms with Crippen molar-refractivity contribution in [2.24, 2.45) is 0 Å². The van der Waals surface area contributed by atoms with Gasteiger partial charge in [-0.3, -0.25) is 0 Å². The predicted octanol–water partition coefficient (Wildman–Crippen LogP) is 2.43. The van der Waals surface area contributed by atoms with Gasteiger partial charge < -0.3 is 9.64 Å². The van der Waals surface area contributed by atoms with E-state index in [1.165, 1.54) is 0 Å². The van der Waals surface area contributed by atoms with Gasteiger partial charge >= 0.3 is 0 Å². The minimum Gasteiger partial charge on any atom is -0.496 e. The van der Waals surface area contributed by atoms with Gasteiger partial charge in [-0.25, -0.2) is 0 Å². The van der Waals surface area contributed by atoms with E-state index in [9.17, 15) is 0 Å². The normalized spacial score (nSPS) is 10.8. The van der Waals surface area contributed by atoms with Gasteiger partial charge in [0.05, 0.1) is 12.7 Å². The smallest absolute Gasteiger partial charge is 0.121 e. The molecule has 0 N–H and O–H groups in total. The summed E-state index contributed by atoms with van der Waals surface area (Å²) in [5.41, 5.74) is 2.59. The minimum atomic E-state index is 0.649. The average Bonchev–Trinajstić information content (AvgIpc) is 2.25. The van der Waals surface area contributed by atoms with Gasteiger partial charge in [-0.05, 0) is 36.2 Å². The van der Waals surface area contributed by atoms with Crippen molar-refractivity contribution in [2.75, 3.05) is 21.2 Å². The first-order valence-corrected chi connectivity index (χ1v) is 5.02. The molecule has 1 rings (SSSR count). The average molecular weight is 216 g/mol. The first kappa shape index (κ1) is 12.1. The summed E-state index contributed by atoms with van der Waals surface area (Å²) in [5, 5.41) is 9.07. The molecule has 0 aliphatic carbocycles. The molecule has 0 heterocycles. The van der Waals surface area contributed by atoms with Crippen LogP contribution in [-0.4, -0.2) is 26.1 Å². The zero-order chi connectivity index (χ0) is 12.1. The number of aryl methyl sites for hydroxylation is 1. The third-order valence-electron chi connectivity index (χ3n) is 2.21. The van der Waals surface area contributed by atoms with Gasteiger partial charge in [0.2, 0.25) is 0 Å². The molecule has 16 heavy (non-hydrogen) atoms. The van der Waals surface area contributed by atoms with Gasteiger partial charge in [0.1, 0.15) is 11.8 Å². The van der Waals surface area contributed by atoms with Gasteiger partial charge in [-0.2, -0.15) is 5.26 Å². The van der Waals surface area contributed by atoms with Crippen molar-refractivity contribution in [3.8, 4) is 11.8 Å². The molecule has 0 saturated carbocycles. The lowest BCUT2D eigenvalue weighted by atomic mass is 10.0. The maximum atomic E-state index is 9.07. The molecule has 0 aromatic heterocycles. The van der Waals surface area contributed by atoms with Crippen molar-refractivity contribution >= 4 is 5.57 Å². The molecule has 3 nitrogen and oxygen atoms in total. The van der Waals surface area contributed by atoms with E-state index in [0.29, 0.717) is 5.57 Å². The molecule has 0 unspecified atom stereocenters. The van der Waals surface area contributed by atoms with Crippen LogP contribution in [0, 0.1) is 18.3 Å². The maximum Gasteiger partial charge on any atom is 0.121 e. The van der Waals surface area contributed by atoms with Crippen LogP contribution in [0.1, 0.15) is 11.1 Å². The van der Waals surface area contributed by atoms with Crippen LogP contribution >= 0.6 is 0 Å². The predicted molar refractivity (Wildman–Crippen MR) is 65.0 cm³/mol. The number of benzene rings is 1. The molecular weight excluding hydrogens is 200 g/mol. The lowest BCUT2D eigenvalue weighted by Gasteiger charge is -2.09. The fraction of sp³-hybridized carbons (Fsp3) is 0.308. The van der Waals surface area contributed by atoms with E-state index in [-0.39, 0.29) is 0 Å². The summed E-state index contributed by atoms with van der Waals surface area (Å²) in [4.78, 5) is 1.86. The SMILES string of the molecule is COc1ccc(/C(C#N)=C/N(C)C)cc1C. The summed E-state index contributed by atoms with van der Waals surface area (Å²) in [6.07, 6.45) is 1.81. The fourth-order valence-electron chi connectivity index (χ4n) is 1.47. The fourth-order valence-corrected chi connectivity index (χ4v) is 1.47. The lowest BCUT2D eigenvalue weighted by molar-refractivity contribution is 0.411. The van der Waals surface area contributed by atoms with Crippen molar-refractivity contribution in [3.63, 3.8) is 0 Å². The summed E-state index contributed by atoms with van der Waals surface area (Å²) in [7, 11) is 5.43. The zero-order valence-electron chi connectivity index (χ0n) is 10.1. The Balaban J connectivity index is 3.14. The molecule has 0 atom stereocenters. The highest BCUT2D eigenvalue weighted by Crippen LogP contribution is 2.22. The Labute approximate surface area is 96.6 Å². The number of hydrogen-bond donors (Lipinski definition) is 0. The second-order valence-electron chi connectivity index (χ2n) is 3.80. The van der Waals surface area contributed by atoms with Gasteiger partial charge in [0.15, 0.2) is 0 Å². The van der Waals surface area contributed by atoms with Gasteiger partial charge in [-0.1, -0.05) is 0 Å². The van der Waals surface area contributed by atoms with Crippen molar-refractivity contribution < 1.29 is 4.74 Å². The molecule has 1 aromatic carbocycles. The Hall–Kier alpha value is -1.95. The highest BCUT2D eigenvalue weighted by atomic mass is 16.5. The number of ether oxygens (including phenoxy) is 1. The standard InChI is InChI=1S/C13H16N2O/c1-10-7-11(5-6-13(10)16-4)12(8-14)9-15(2)3/h5-7,9H,1-4H3/b12-9+. The molecule has 0 radical (unpaired) electrons. The first-order valence-electron chi connectivity index (χ1n) is 5.02. The van der Waals surface area contributed by atoms with Crippen LogP contribution in [-0.2, 0) is 0 Å². The van der Waals surface area contributed by atoms with E-state index in [1.54, 1.807) is 13.3 Å². The second kappa shape index (κ2) is 5.22. The third kappa shape index (κ3) is 2.77. The van der Waals surface area contributed by atoms with Crippen molar-refractivity contribution in [1.29, 1.82) is 5.26 Å². The number of nitriles is 1. The summed E-state index contributed by atoms with van der Waals surface area (Å²) in [6, 6.07) is 7.92. The van der Waals surface area contributed by atoms with E-state index in [4.69, 9.17) is 10.00 Å². The molecule has 0 spiro atoms. The lowest BCUT2D eigenvalue weighted by Crippen LogP contribution is -2.02. The van der Waals surface area contributed by atoms with E-state index in [2.05, 4.69) is 6.07 Å². The molecule has 0 amide bonds. The van der Waals surface area contributed by atoms with Crippen LogP contribution in [0.4, 0.5) is 0 Å². The summed E-state index contributed by atoms with van der Waals surface area (Å²) in [5.74, 6) is 0.839. The van der Waals surface area contributed by atoms with Crippen LogP contribution in [0.15, 0.2) is 24.4 Å². The Morgan fingerprint density at radius 2 is 2.12 bits per heavy atom. The van der Waals surface area contributed by atoms with Crippen LogP contribution in [0.25, 0.3) is 5.57 Å². The van der Waals surface area contributed by atoms with Crippen molar-refractivity contribution in [2.45, 2.75) is 6.92 Å². The number of allylic oxidation sites excluding steroid dienone is 1. The highest BCUT2D eigenvalue weighted by molar-refractivity contribution is 5.77. The Kier molecular flexibility index (Phi) is 3.96. The summed E-state index contributed by atoms with van der Waals surface area (Å²) < 4.78 is 5.18. The first-order chi connectivity index (χ1) is 7.58. The molecule has 0 bridgehead atoms. The van der Waals surface area contributed by atoms with E-state index in [0.717, 1.165) is 16.9 Å². The number of hydrogen-bond acceptors (Lipinski definition) is 3. The minimum absolute atomic E-state index is 0.649. The number of methoxy groups -OCH3 is 1. The largest absolute Gasteiger partial charge is 0.496 e. The summed E-state index contributed by atoms with van der Waals surface area (Å²) in [6.45, 7) is 1.97. The van der Waals surface area contributed by atoms with Gasteiger partial charge in [0, 0.05) is 20.3 Å².